The molecule has 1 heterocycles. The van der Waals surface area contributed by atoms with Gasteiger partial charge in [-0.05, 0) is 32.6 Å². The normalized spacial score (nSPS) is 17.3. The molecule has 2 fully saturated rings. The molecule has 0 spiro atoms. The second-order valence-electron chi connectivity index (χ2n) is 5.79. The Morgan fingerprint density at radius 2 is 1.07 bits per heavy atom. The molecule has 30 heavy (non-hydrogen) atoms. The highest BCUT2D eigenvalue weighted by Gasteiger charge is 2.59. The molecular weight excluding hydrogens is 455 g/mol. The number of rotatable bonds is 3. The van der Waals surface area contributed by atoms with Crippen molar-refractivity contribution < 1.29 is 66.1 Å². The van der Waals surface area contributed by atoms with E-state index in [1.807, 2.05) is 4.90 Å². The van der Waals surface area contributed by atoms with Gasteiger partial charge in [-0.15, -0.1) is 0 Å². The van der Waals surface area contributed by atoms with Crippen LogP contribution in [-0.2, 0) is 14.3 Å². The molecule has 0 bridgehead atoms. The van der Waals surface area contributed by atoms with Crippen molar-refractivity contribution in [3.63, 3.8) is 0 Å². The Labute approximate surface area is 163 Å². The Balaban J connectivity index is 0. The molecule has 0 unspecified atom stereocenters. The van der Waals surface area contributed by atoms with Crippen LogP contribution in [0.1, 0.15) is 32.6 Å². The third-order valence-electron chi connectivity index (χ3n) is 3.22. The largest absolute Gasteiger partial charge is 0.673 e. The van der Waals surface area contributed by atoms with Crippen molar-refractivity contribution in [2.75, 3.05) is 19.7 Å². The Morgan fingerprint density at radius 3 is 1.30 bits per heavy atom. The van der Waals surface area contributed by atoms with Crippen molar-refractivity contribution in [2.45, 2.75) is 32.6 Å². The van der Waals surface area contributed by atoms with Crippen molar-refractivity contribution in [2.24, 2.45) is 5.41 Å². The summed E-state index contributed by atoms with van der Waals surface area (Å²) in [5, 5.41) is 0. The summed E-state index contributed by atoms with van der Waals surface area (Å²) in [5.74, 6) is -0.319. The standard InChI is InChI=1S/C11H17NO3.3BF4/c1-2-15-10(14)11(5-6-11)9(13)12-7-3-4-8-12;3*2-1(3,4)5/h2-8H2,1H3;;;/q;3*-1. The number of esters is 1. The van der Waals surface area contributed by atoms with Crippen LogP contribution >= 0.6 is 0 Å². The zero-order valence-electron chi connectivity index (χ0n) is 15.4. The van der Waals surface area contributed by atoms with Crippen molar-refractivity contribution in [3.8, 4) is 0 Å². The van der Waals surface area contributed by atoms with Crippen LogP contribution in [0, 0.1) is 5.41 Å². The Kier molecular flexibility index (Phi) is 12.4. The second kappa shape index (κ2) is 12.2. The summed E-state index contributed by atoms with van der Waals surface area (Å²) in [6.45, 7) is 3.74. The lowest BCUT2D eigenvalue weighted by Gasteiger charge is -2.21. The number of carbonyl (C=O) groups is 2. The Bertz CT molecular complexity index is 484. The van der Waals surface area contributed by atoms with Crippen LogP contribution < -0.4 is 0 Å². The minimum absolute atomic E-state index is 0.00144. The van der Waals surface area contributed by atoms with E-state index in [2.05, 4.69) is 0 Å². The molecule has 19 heteroatoms. The van der Waals surface area contributed by atoms with Crippen LogP contribution in [0.15, 0.2) is 0 Å². The summed E-state index contributed by atoms with van der Waals surface area (Å²) in [6.07, 6.45) is 3.46. The van der Waals surface area contributed by atoms with Gasteiger partial charge in [0.1, 0.15) is 5.41 Å². The zero-order valence-corrected chi connectivity index (χ0v) is 15.4. The molecule has 1 saturated heterocycles. The molecule has 0 N–H and O–H groups in total. The van der Waals surface area contributed by atoms with E-state index in [4.69, 9.17) is 4.74 Å². The number of amides is 1. The predicted octanol–water partition coefficient (Wildman–Crippen LogP) is 4.85. The van der Waals surface area contributed by atoms with Gasteiger partial charge < -0.3 is 61.4 Å². The van der Waals surface area contributed by atoms with E-state index < -0.39 is 27.2 Å². The molecular formula is C11H17B3F12NO3-3. The van der Waals surface area contributed by atoms with Crippen LogP contribution in [0.4, 0.5) is 51.8 Å². The van der Waals surface area contributed by atoms with Gasteiger partial charge in [0.15, 0.2) is 0 Å². The van der Waals surface area contributed by atoms with Crippen molar-refractivity contribution in [1.29, 1.82) is 0 Å². The zero-order chi connectivity index (χ0) is 24.4. The molecule has 4 nitrogen and oxygen atoms in total. The van der Waals surface area contributed by atoms with Crippen LogP contribution in [0.5, 0.6) is 0 Å². The highest BCUT2D eigenvalue weighted by molar-refractivity contribution is 6.50. The van der Waals surface area contributed by atoms with Gasteiger partial charge in [0.2, 0.25) is 5.91 Å². The predicted molar refractivity (Wildman–Crippen MR) is 84.7 cm³/mol. The van der Waals surface area contributed by atoms with Crippen molar-refractivity contribution in [3.05, 3.63) is 0 Å². The summed E-state index contributed by atoms with van der Waals surface area (Å²) in [4.78, 5) is 25.5. The molecule has 1 amide bonds. The number of ether oxygens (including phenoxy) is 1. The average Bonchev–Trinajstić information content (AvgIpc) is 3.09. The second-order valence-corrected chi connectivity index (χ2v) is 5.79. The molecule has 1 aliphatic carbocycles. The number of likely N-dealkylation sites (tertiary alicyclic amines) is 1. The van der Waals surface area contributed by atoms with Gasteiger partial charge in [-0.3, -0.25) is 9.59 Å². The fourth-order valence-corrected chi connectivity index (χ4v) is 2.12. The summed E-state index contributed by atoms with van der Waals surface area (Å²) in [5.41, 5.74) is -0.791. The minimum atomic E-state index is -6.00. The minimum Gasteiger partial charge on any atom is -0.465 e. The number of hydrogen-bond acceptors (Lipinski definition) is 3. The van der Waals surface area contributed by atoms with E-state index in [9.17, 15) is 61.4 Å². The van der Waals surface area contributed by atoms with E-state index in [-0.39, 0.29) is 11.9 Å². The first-order valence-electron chi connectivity index (χ1n) is 8.29. The van der Waals surface area contributed by atoms with E-state index in [0.717, 1.165) is 25.9 Å². The summed E-state index contributed by atoms with van der Waals surface area (Å²) in [7, 11) is -18.0. The molecule has 180 valence electrons. The summed E-state index contributed by atoms with van der Waals surface area (Å²) in [6, 6.07) is 0. The lowest BCUT2D eigenvalue weighted by molar-refractivity contribution is -0.157. The smallest absolute Gasteiger partial charge is 0.465 e. The van der Waals surface area contributed by atoms with E-state index in [0.29, 0.717) is 19.4 Å². The van der Waals surface area contributed by atoms with Crippen LogP contribution in [0.25, 0.3) is 0 Å². The molecule has 2 aliphatic rings. The van der Waals surface area contributed by atoms with Gasteiger partial charge in [0.05, 0.1) is 6.61 Å². The van der Waals surface area contributed by atoms with Gasteiger partial charge >= 0.3 is 27.7 Å². The molecule has 0 radical (unpaired) electrons. The Hall–Kier alpha value is -1.71. The van der Waals surface area contributed by atoms with E-state index >= 15 is 0 Å². The van der Waals surface area contributed by atoms with Gasteiger partial charge in [0.25, 0.3) is 0 Å². The van der Waals surface area contributed by atoms with Gasteiger partial charge in [-0.25, -0.2) is 0 Å². The molecule has 0 aromatic carbocycles. The van der Waals surface area contributed by atoms with E-state index in [1.165, 1.54) is 0 Å². The first-order valence-corrected chi connectivity index (χ1v) is 8.29. The Morgan fingerprint density at radius 1 is 0.767 bits per heavy atom. The molecule has 1 saturated carbocycles. The number of hydrogen-bond donors (Lipinski definition) is 0. The molecule has 0 aromatic rings. The quantitative estimate of drug-likeness (QED) is 0.256. The first-order chi connectivity index (χ1) is 13.2. The van der Waals surface area contributed by atoms with Crippen LogP contribution in [0.3, 0.4) is 0 Å². The topological polar surface area (TPSA) is 46.6 Å². The summed E-state index contributed by atoms with van der Waals surface area (Å²) >= 11 is 0. The monoisotopic (exact) mass is 472 g/mol. The average molecular weight is 472 g/mol. The van der Waals surface area contributed by atoms with Crippen LogP contribution in [-0.4, -0.2) is 58.2 Å². The van der Waals surface area contributed by atoms with Gasteiger partial charge in [0, 0.05) is 13.1 Å². The maximum absolute atomic E-state index is 12.1. The van der Waals surface area contributed by atoms with Crippen molar-refractivity contribution in [1.82, 2.24) is 4.90 Å². The fraction of sp³-hybridized carbons (Fsp3) is 0.818. The molecule has 1 aliphatic heterocycles. The number of halogens is 12. The third-order valence-corrected chi connectivity index (χ3v) is 3.22. The lowest BCUT2D eigenvalue weighted by Crippen LogP contribution is -2.40. The summed E-state index contributed by atoms with van der Waals surface area (Å²) < 4.78 is 122. The molecule has 2 rings (SSSR count). The third kappa shape index (κ3) is 19.6. The number of carbonyl (C=O) groups excluding carboxylic acids is 2. The number of nitrogens with zero attached hydrogens (tertiary/aromatic N) is 1. The van der Waals surface area contributed by atoms with Gasteiger partial charge in [-0.2, -0.15) is 0 Å². The highest BCUT2D eigenvalue weighted by atomic mass is 19.5. The van der Waals surface area contributed by atoms with Crippen molar-refractivity contribution >= 4 is 33.6 Å². The first kappa shape index (κ1) is 30.5. The fourth-order valence-electron chi connectivity index (χ4n) is 2.12. The molecule has 0 atom stereocenters. The lowest BCUT2D eigenvalue weighted by atomic mass is 10.1. The van der Waals surface area contributed by atoms with Crippen LogP contribution in [0.2, 0.25) is 0 Å². The molecule has 0 aromatic heterocycles. The SMILES string of the molecule is CCOC(=O)C1(C(=O)N2CCCC2)CC1.F[B-](F)(F)F.F[B-](F)(F)F.F[B-](F)(F)F. The maximum Gasteiger partial charge on any atom is 0.673 e. The highest BCUT2D eigenvalue weighted by Crippen LogP contribution is 2.48. The van der Waals surface area contributed by atoms with E-state index in [1.54, 1.807) is 6.92 Å². The van der Waals surface area contributed by atoms with Gasteiger partial charge in [-0.1, -0.05) is 0 Å². The maximum atomic E-state index is 12.1.